The van der Waals surface area contributed by atoms with Gasteiger partial charge in [0.15, 0.2) is 0 Å². The second-order valence-electron chi connectivity index (χ2n) is 9.97. The number of non-ortho nitro benzene ring substituents is 1. The Morgan fingerprint density at radius 3 is 2.10 bits per heavy atom. The van der Waals surface area contributed by atoms with E-state index < -0.39 is 38.8 Å². The molecule has 0 bridgehead atoms. The molecule has 1 N–H and O–H groups in total. The van der Waals surface area contributed by atoms with Crippen LogP contribution < -0.4 is 0 Å². The number of fused-ring (bicyclic) bond motifs is 1. The first kappa shape index (κ1) is 28.7. The summed E-state index contributed by atoms with van der Waals surface area (Å²) in [6, 6.07) is 20.2. The number of nitrogens with zero attached hydrogens (tertiary/aromatic N) is 4. The summed E-state index contributed by atoms with van der Waals surface area (Å²) in [4.78, 5) is 12.3. The van der Waals surface area contributed by atoms with Gasteiger partial charge in [-0.05, 0) is 23.8 Å². The maximum atomic E-state index is 14.7. The highest BCUT2D eigenvalue weighted by Crippen LogP contribution is 2.44. The largest absolute Gasteiger partial charge is 0.422 e. The number of nitro benzene ring substituents is 1. The van der Waals surface area contributed by atoms with Gasteiger partial charge in [0.2, 0.25) is 15.6 Å². The fourth-order valence-corrected chi connectivity index (χ4v) is 6.60. The number of sulfonamides is 1. The van der Waals surface area contributed by atoms with E-state index in [9.17, 15) is 36.8 Å². The SMILES string of the molecule is O=[N+]([O-])c1ccc2c(C(O)(CN3CCN(S(=O)(=O)c4ccccc4)CC3)C(F)(F)F)cn(Cc3ccccc3)c2c1. The lowest BCUT2D eigenvalue weighted by molar-refractivity contribution is -0.384. The third-order valence-corrected chi connectivity index (χ3v) is 9.26. The minimum absolute atomic E-state index is 0.0292. The zero-order valence-electron chi connectivity index (χ0n) is 21.7. The summed E-state index contributed by atoms with van der Waals surface area (Å²) >= 11 is 0. The van der Waals surface area contributed by atoms with Crippen molar-refractivity contribution in [1.82, 2.24) is 13.8 Å². The predicted molar refractivity (Wildman–Crippen MR) is 146 cm³/mol. The van der Waals surface area contributed by atoms with Gasteiger partial charge >= 0.3 is 6.18 Å². The third kappa shape index (κ3) is 5.58. The second-order valence-corrected chi connectivity index (χ2v) is 11.9. The first-order valence-electron chi connectivity index (χ1n) is 12.8. The lowest BCUT2D eigenvalue weighted by Crippen LogP contribution is -2.56. The standard InChI is InChI=1S/C28H27F3N4O5S/c29-28(30,31)27(36,20-32-13-15-34(16-14-32)41(39,40)23-9-5-2-6-10-23)25-19-33(18-21-7-3-1-4-8-21)26-17-22(35(37)38)11-12-24(25)26/h1-12,17,19,36H,13-16,18,20H2. The Morgan fingerprint density at radius 2 is 1.51 bits per heavy atom. The third-order valence-electron chi connectivity index (χ3n) is 7.35. The predicted octanol–water partition coefficient (Wildman–Crippen LogP) is 4.35. The van der Waals surface area contributed by atoms with E-state index in [0.29, 0.717) is 0 Å². The zero-order chi connectivity index (χ0) is 29.4. The van der Waals surface area contributed by atoms with Crippen LogP contribution in [0.4, 0.5) is 18.9 Å². The number of alkyl halides is 3. The van der Waals surface area contributed by atoms with Crippen molar-refractivity contribution in [2.75, 3.05) is 32.7 Å². The molecule has 4 aromatic rings. The summed E-state index contributed by atoms with van der Waals surface area (Å²) in [5, 5.41) is 22.9. The number of hydrogen-bond acceptors (Lipinski definition) is 6. The summed E-state index contributed by atoms with van der Waals surface area (Å²) < 4.78 is 72.7. The number of piperazine rings is 1. The van der Waals surface area contributed by atoms with Gasteiger partial charge in [-0.15, -0.1) is 0 Å². The molecule has 13 heteroatoms. The lowest BCUT2D eigenvalue weighted by atomic mass is 9.91. The molecule has 1 fully saturated rings. The number of aromatic nitrogens is 1. The van der Waals surface area contributed by atoms with Gasteiger partial charge in [0, 0.05) is 68.5 Å². The van der Waals surface area contributed by atoms with Crippen LogP contribution in [0.2, 0.25) is 0 Å². The number of hydrogen-bond donors (Lipinski definition) is 1. The molecular weight excluding hydrogens is 561 g/mol. The molecule has 5 rings (SSSR count). The summed E-state index contributed by atoms with van der Waals surface area (Å²) in [5.41, 5.74) is -3.11. The van der Waals surface area contributed by atoms with Crippen LogP contribution >= 0.6 is 0 Å². The van der Waals surface area contributed by atoms with Crippen molar-refractivity contribution in [1.29, 1.82) is 0 Å². The molecule has 0 saturated carbocycles. The van der Waals surface area contributed by atoms with Gasteiger partial charge in [-0.1, -0.05) is 48.5 Å². The summed E-state index contributed by atoms with van der Waals surface area (Å²) in [6.07, 6.45) is -3.90. The van der Waals surface area contributed by atoms with Gasteiger partial charge in [-0.3, -0.25) is 15.0 Å². The molecular formula is C28H27F3N4O5S. The molecule has 1 aromatic heterocycles. The number of benzene rings is 3. The monoisotopic (exact) mass is 588 g/mol. The van der Waals surface area contributed by atoms with Crippen molar-refractivity contribution < 1.29 is 31.6 Å². The van der Waals surface area contributed by atoms with Crippen LogP contribution in [-0.2, 0) is 22.2 Å². The molecule has 9 nitrogen and oxygen atoms in total. The Balaban J connectivity index is 1.47. The molecule has 3 aromatic carbocycles. The number of aliphatic hydroxyl groups is 1. The fourth-order valence-electron chi connectivity index (χ4n) is 5.16. The van der Waals surface area contributed by atoms with E-state index in [4.69, 9.17) is 0 Å². The Bertz CT molecular complexity index is 1650. The van der Waals surface area contributed by atoms with E-state index >= 15 is 0 Å². The first-order valence-corrected chi connectivity index (χ1v) is 14.2. The molecule has 1 unspecified atom stereocenters. The number of halogens is 3. The van der Waals surface area contributed by atoms with Crippen molar-refractivity contribution >= 4 is 26.6 Å². The Kier molecular flexibility index (Phi) is 7.64. The number of rotatable bonds is 8. The number of β-amino-alcohol motifs (C(OH)–C–C–N with tert-alkyl or cyclic N) is 1. The van der Waals surface area contributed by atoms with Crippen LogP contribution in [0.15, 0.2) is 90.0 Å². The Labute approximate surface area is 234 Å². The molecule has 216 valence electrons. The molecule has 1 aliphatic rings. The van der Waals surface area contributed by atoms with Crippen LogP contribution in [0.1, 0.15) is 11.1 Å². The van der Waals surface area contributed by atoms with Crippen molar-refractivity contribution in [2.24, 2.45) is 0 Å². The van der Waals surface area contributed by atoms with E-state index in [1.165, 1.54) is 44.2 Å². The maximum Gasteiger partial charge on any atom is 0.422 e. The van der Waals surface area contributed by atoms with Crippen LogP contribution in [0.3, 0.4) is 0 Å². The highest BCUT2D eigenvalue weighted by molar-refractivity contribution is 7.89. The minimum Gasteiger partial charge on any atom is -0.375 e. The molecule has 1 atom stereocenters. The minimum atomic E-state index is -5.10. The molecule has 41 heavy (non-hydrogen) atoms. The molecule has 1 saturated heterocycles. The van der Waals surface area contributed by atoms with Gasteiger partial charge in [-0.2, -0.15) is 17.5 Å². The average Bonchev–Trinajstić information content (AvgIpc) is 3.31. The summed E-state index contributed by atoms with van der Waals surface area (Å²) in [6.45, 7) is -0.864. The molecule has 1 aliphatic heterocycles. The quantitative estimate of drug-likeness (QED) is 0.242. The van der Waals surface area contributed by atoms with E-state index in [0.717, 1.165) is 11.6 Å². The van der Waals surface area contributed by atoms with E-state index in [-0.39, 0.29) is 54.2 Å². The highest BCUT2D eigenvalue weighted by atomic mass is 32.2. The van der Waals surface area contributed by atoms with E-state index in [1.807, 2.05) is 0 Å². The van der Waals surface area contributed by atoms with Crippen molar-refractivity contribution in [3.63, 3.8) is 0 Å². The number of nitro groups is 1. The van der Waals surface area contributed by atoms with E-state index in [1.54, 1.807) is 48.5 Å². The summed E-state index contributed by atoms with van der Waals surface area (Å²) in [5.74, 6) is 0. The second kappa shape index (κ2) is 10.9. The zero-order valence-corrected chi connectivity index (χ0v) is 22.6. The van der Waals surface area contributed by atoms with Gasteiger partial charge in [0.05, 0.1) is 15.3 Å². The molecule has 0 aliphatic carbocycles. The Morgan fingerprint density at radius 1 is 0.902 bits per heavy atom. The molecule has 0 amide bonds. The maximum absolute atomic E-state index is 14.7. The van der Waals surface area contributed by atoms with Gasteiger partial charge in [-0.25, -0.2) is 8.42 Å². The van der Waals surface area contributed by atoms with Crippen LogP contribution in [-0.4, -0.2) is 71.1 Å². The Hall–Kier alpha value is -3.78. The topological polar surface area (TPSA) is 109 Å². The van der Waals surface area contributed by atoms with Crippen LogP contribution in [0.5, 0.6) is 0 Å². The van der Waals surface area contributed by atoms with Gasteiger partial charge < -0.3 is 9.67 Å². The molecule has 2 heterocycles. The van der Waals surface area contributed by atoms with Gasteiger partial charge in [0.25, 0.3) is 5.69 Å². The van der Waals surface area contributed by atoms with E-state index in [2.05, 4.69) is 0 Å². The van der Waals surface area contributed by atoms with Crippen molar-refractivity contribution in [2.45, 2.75) is 23.2 Å². The van der Waals surface area contributed by atoms with Crippen LogP contribution in [0, 0.1) is 10.1 Å². The van der Waals surface area contributed by atoms with Crippen molar-refractivity contribution in [3.8, 4) is 0 Å². The fraction of sp³-hybridized carbons (Fsp3) is 0.286. The molecule has 0 radical (unpaired) electrons. The normalized spacial score (nSPS) is 17.0. The molecule has 0 spiro atoms. The van der Waals surface area contributed by atoms with Crippen molar-refractivity contribution in [3.05, 3.63) is 106 Å². The lowest BCUT2D eigenvalue weighted by Gasteiger charge is -2.39. The highest BCUT2D eigenvalue weighted by Gasteiger charge is 2.57. The smallest absolute Gasteiger partial charge is 0.375 e. The van der Waals surface area contributed by atoms with Crippen LogP contribution in [0.25, 0.3) is 10.9 Å². The van der Waals surface area contributed by atoms with Gasteiger partial charge in [0.1, 0.15) is 0 Å². The average molecular weight is 589 g/mol. The summed E-state index contributed by atoms with van der Waals surface area (Å²) in [7, 11) is -3.81. The first-order chi connectivity index (χ1) is 19.4.